The van der Waals surface area contributed by atoms with E-state index in [1.165, 1.54) is 5.56 Å². The topological polar surface area (TPSA) is 42.0 Å². The summed E-state index contributed by atoms with van der Waals surface area (Å²) in [7, 11) is 0. The van der Waals surface area contributed by atoms with Gasteiger partial charge in [-0.05, 0) is 41.3 Å². The van der Waals surface area contributed by atoms with Crippen LogP contribution in [-0.4, -0.2) is 10.9 Å². The van der Waals surface area contributed by atoms with E-state index in [0.717, 1.165) is 33.1 Å². The summed E-state index contributed by atoms with van der Waals surface area (Å²) in [4.78, 5) is 17.1. The van der Waals surface area contributed by atoms with Crippen LogP contribution < -0.4 is 5.32 Å². The molecule has 0 aliphatic heterocycles. The molecule has 0 fully saturated rings. The van der Waals surface area contributed by atoms with Gasteiger partial charge in [0, 0.05) is 28.3 Å². The van der Waals surface area contributed by atoms with Crippen molar-refractivity contribution in [3.63, 3.8) is 0 Å². The van der Waals surface area contributed by atoms with Gasteiger partial charge in [-0.25, -0.2) is 4.98 Å². The molecule has 0 saturated heterocycles. The maximum Gasteiger partial charge on any atom is 0.248 e. The molecule has 0 unspecified atom stereocenters. The maximum absolute atomic E-state index is 12.4. The molecule has 4 rings (SSSR count). The van der Waals surface area contributed by atoms with Crippen LogP contribution in [0.15, 0.2) is 84.3 Å². The first-order valence-corrected chi connectivity index (χ1v) is 11.7. The van der Waals surface area contributed by atoms with Crippen LogP contribution in [0.1, 0.15) is 30.9 Å². The van der Waals surface area contributed by atoms with Gasteiger partial charge in [0.1, 0.15) is 5.01 Å². The number of rotatable bonds is 6. The van der Waals surface area contributed by atoms with Crippen LogP contribution in [-0.2, 0) is 4.79 Å². The predicted octanol–water partition coefficient (Wildman–Crippen LogP) is 7.91. The van der Waals surface area contributed by atoms with E-state index >= 15 is 0 Å². The summed E-state index contributed by atoms with van der Waals surface area (Å²) in [5.74, 6) is 0.312. The van der Waals surface area contributed by atoms with Crippen molar-refractivity contribution >= 4 is 40.6 Å². The third-order valence-electron chi connectivity index (χ3n) is 5.06. The average molecular weight is 459 g/mol. The summed E-state index contributed by atoms with van der Waals surface area (Å²) in [5.41, 5.74) is 5.70. The summed E-state index contributed by atoms with van der Waals surface area (Å²) >= 11 is 7.85. The van der Waals surface area contributed by atoms with Gasteiger partial charge in [-0.1, -0.05) is 80.0 Å². The fourth-order valence-electron chi connectivity index (χ4n) is 3.27. The lowest BCUT2D eigenvalue weighted by Crippen LogP contribution is -2.07. The number of benzene rings is 3. The lowest BCUT2D eigenvalue weighted by Gasteiger charge is -2.05. The van der Waals surface area contributed by atoms with E-state index < -0.39 is 0 Å². The van der Waals surface area contributed by atoms with Gasteiger partial charge >= 0.3 is 0 Å². The Bertz CT molecular complexity index is 1260. The van der Waals surface area contributed by atoms with Crippen molar-refractivity contribution in [1.82, 2.24) is 4.98 Å². The van der Waals surface area contributed by atoms with Gasteiger partial charge < -0.3 is 5.32 Å². The highest BCUT2D eigenvalue weighted by Crippen LogP contribution is 2.33. The van der Waals surface area contributed by atoms with Crippen LogP contribution >= 0.6 is 22.9 Å². The third kappa shape index (κ3) is 5.34. The first-order chi connectivity index (χ1) is 15.5. The van der Waals surface area contributed by atoms with E-state index in [1.54, 1.807) is 17.4 Å². The maximum atomic E-state index is 12.4. The highest BCUT2D eigenvalue weighted by molar-refractivity contribution is 7.13. The molecular weight excluding hydrogens is 436 g/mol. The number of anilines is 1. The lowest BCUT2D eigenvalue weighted by atomic mass is 10.0. The zero-order valence-corrected chi connectivity index (χ0v) is 19.5. The molecule has 0 aliphatic rings. The van der Waals surface area contributed by atoms with Crippen LogP contribution in [0.5, 0.6) is 0 Å². The second-order valence-corrected chi connectivity index (χ2v) is 9.01. The predicted molar refractivity (Wildman–Crippen MR) is 136 cm³/mol. The van der Waals surface area contributed by atoms with Gasteiger partial charge in [0.2, 0.25) is 5.91 Å². The zero-order valence-electron chi connectivity index (χ0n) is 17.9. The number of thiazole rings is 1. The first kappa shape index (κ1) is 22.0. The highest BCUT2D eigenvalue weighted by Gasteiger charge is 2.10. The van der Waals surface area contributed by atoms with Crippen LogP contribution in [0.2, 0.25) is 5.02 Å². The summed E-state index contributed by atoms with van der Waals surface area (Å²) < 4.78 is 0. The Labute approximate surface area is 197 Å². The minimum Gasteiger partial charge on any atom is -0.322 e. The Morgan fingerprint density at radius 2 is 1.81 bits per heavy atom. The zero-order chi connectivity index (χ0) is 22.5. The Morgan fingerprint density at radius 3 is 2.56 bits per heavy atom. The third-order valence-corrected chi connectivity index (χ3v) is 6.27. The number of hydrogen-bond donors (Lipinski definition) is 1. The number of nitrogens with one attached hydrogen (secondary N) is 1. The van der Waals surface area contributed by atoms with Crippen molar-refractivity contribution in [2.75, 3.05) is 5.32 Å². The smallest absolute Gasteiger partial charge is 0.248 e. The van der Waals surface area contributed by atoms with Gasteiger partial charge in [-0.15, -0.1) is 11.3 Å². The molecule has 32 heavy (non-hydrogen) atoms. The number of aromatic nitrogens is 1. The number of halogens is 1. The normalized spacial score (nSPS) is 11.2. The standard InChI is InChI=1S/C27H23ClN2OS/c1-18(2)20-13-10-19(11-14-20)12-15-26(31)29-22-7-5-6-21(16-22)25-17-32-27(30-25)23-8-3-4-9-24(23)28/h3-18H,1-2H3,(H,29,31)/b15-12+. The fourth-order valence-corrected chi connectivity index (χ4v) is 4.42. The number of carbonyl (C=O) groups excluding carboxylic acids is 1. The molecule has 0 spiro atoms. The fraction of sp³-hybridized carbons (Fsp3) is 0.111. The summed E-state index contributed by atoms with van der Waals surface area (Å²) in [6.45, 7) is 4.32. The first-order valence-electron chi connectivity index (χ1n) is 10.4. The van der Waals surface area contributed by atoms with Crippen molar-refractivity contribution in [2.45, 2.75) is 19.8 Å². The quantitative estimate of drug-likeness (QED) is 0.298. The molecule has 0 radical (unpaired) electrons. The molecule has 0 saturated carbocycles. The monoisotopic (exact) mass is 458 g/mol. The molecule has 160 valence electrons. The molecule has 1 amide bonds. The second-order valence-electron chi connectivity index (χ2n) is 7.74. The van der Waals surface area contributed by atoms with Gasteiger partial charge in [-0.3, -0.25) is 4.79 Å². The summed E-state index contributed by atoms with van der Waals surface area (Å²) in [6, 6.07) is 23.6. The molecule has 0 aliphatic carbocycles. The summed E-state index contributed by atoms with van der Waals surface area (Å²) in [6.07, 6.45) is 3.37. The van der Waals surface area contributed by atoms with E-state index in [1.807, 2.05) is 72.1 Å². The Hall–Kier alpha value is -3.21. The molecule has 1 aromatic heterocycles. The summed E-state index contributed by atoms with van der Waals surface area (Å²) in [5, 5.41) is 6.48. The molecule has 3 aromatic carbocycles. The van der Waals surface area contributed by atoms with Crippen LogP contribution in [0, 0.1) is 0 Å². The van der Waals surface area contributed by atoms with Crippen molar-refractivity contribution in [1.29, 1.82) is 0 Å². The Balaban J connectivity index is 1.45. The van der Waals surface area contributed by atoms with Gasteiger partial charge in [-0.2, -0.15) is 0 Å². The van der Waals surface area contributed by atoms with Crippen LogP contribution in [0.3, 0.4) is 0 Å². The Kier molecular flexibility index (Phi) is 6.84. The molecular formula is C27H23ClN2OS. The van der Waals surface area contributed by atoms with E-state index in [4.69, 9.17) is 16.6 Å². The van der Waals surface area contributed by atoms with Crippen molar-refractivity contribution in [3.05, 3.63) is 100 Å². The second kappa shape index (κ2) is 9.94. The SMILES string of the molecule is CC(C)c1ccc(/C=C/C(=O)Nc2cccc(-c3csc(-c4ccccc4Cl)n3)c2)cc1. The van der Waals surface area contributed by atoms with E-state index in [9.17, 15) is 4.79 Å². The van der Waals surface area contributed by atoms with Crippen LogP contribution in [0.25, 0.3) is 27.9 Å². The number of hydrogen-bond acceptors (Lipinski definition) is 3. The van der Waals surface area contributed by atoms with Crippen LogP contribution in [0.4, 0.5) is 5.69 Å². The van der Waals surface area contributed by atoms with E-state index in [2.05, 4.69) is 31.3 Å². The molecule has 1 heterocycles. The van der Waals surface area contributed by atoms with Crippen molar-refractivity contribution in [2.24, 2.45) is 0 Å². The Morgan fingerprint density at radius 1 is 1.03 bits per heavy atom. The van der Waals surface area contributed by atoms with Gasteiger partial charge in [0.25, 0.3) is 0 Å². The average Bonchev–Trinajstić information content (AvgIpc) is 3.28. The molecule has 0 atom stereocenters. The van der Waals surface area contributed by atoms with E-state index in [-0.39, 0.29) is 5.91 Å². The molecule has 5 heteroatoms. The van der Waals surface area contributed by atoms with E-state index in [0.29, 0.717) is 10.9 Å². The highest BCUT2D eigenvalue weighted by atomic mass is 35.5. The number of nitrogens with zero attached hydrogens (tertiary/aromatic N) is 1. The minimum atomic E-state index is -0.176. The molecule has 4 aromatic rings. The number of amides is 1. The lowest BCUT2D eigenvalue weighted by molar-refractivity contribution is -0.111. The van der Waals surface area contributed by atoms with Crippen molar-refractivity contribution in [3.8, 4) is 21.8 Å². The number of carbonyl (C=O) groups is 1. The van der Waals surface area contributed by atoms with Gasteiger partial charge in [0.05, 0.1) is 10.7 Å². The minimum absolute atomic E-state index is 0.176. The molecule has 0 bridgehead atoms. The molecule has 3 nitrogen and oxygen atoms in total. The molecule has 1 N–H and O–H groups in total. The van der Waals surface area contributed by atoms with Gasteiger partial charge in [0.15, 0.2) is 0 Å². The largest absolute Gasteiger partial charge is 0.322 e. The van der Waals surface area contributed by atoms with Crippen molar-refractivity contribution < 1.29 is 4.79 Å².